The molecule has 0 saturated carbocycles. The number of aromatic nitrogens is 1. The quantitative estimate of drug-likeness (QED) is 0.213. The first-order chi connectivity index (χ1) is 21.8. The molecule has 0 aliphatic heterocycles. The van der Waals surface area contributed by atoms with Crippen LogP contribution >= 0.6 is 0 Å². The van der Waals surface area contributed by atoms with E-state index >= 15 is 0 Å². The molecule has 210 valence electrons. The molecule has 2 nitrogen and oxygen atoms in total. The number of allylic oxidation sites excluding steroid dienone is 2. The van der Waals surface area contributed by atoms with E-state index in [0.717, 1.165) is 17.8 Å². The molecular weight excluding hydrogens is 532 g/mol. The van der Waals surface area contributed by atoms with Crippen molar-refractivity contribution in [2.75, 3.05) is 5.32 Å². The number of nitrogens with one attached hydrogen (secondary N) is 1. The van der Waals surface area contributed by atoms with Crippen LogP contribution in [0.1, 0.15) is 17.5 Å². The third kappa shape index (κ3) is 4.35. The lowest BCUT2D eigenvalue weighted by Gasteiger charge is -2.41. The van der Waals surface area contributed by atoms with E-state index in [9.17, 15) is 0 Å². The van der Waals surface area contributed by atoms with Crippen LogP contribution in [0.3, 0.4) is 0 Å². The predicted molar refractivity (Wildman–Crippen MR) is 186 cm³/mol. The number of anilines is 1. The summed E-state index contributed by atoms with van der Waals surface area (Å²) in [6, 6.07) is 56.6. The molecule has 0 bridgehead atoms. The Bertz CT molecular complexity index is 2100. The number of hydrogen-bond acceptors (Lipinski definition) is 1. The van der Waals surface area contributed by atoms with Gasteiger partial charge in [-0.25, -0.2) is 0 Å². The summed E-state index contributed by atoms with van der Waals surface area (Å²) in [7, 11) is 0. The van der Waals surface area contributed by atoms with E-state index in [0.29, 0.717) is 0 Å². The molecule has 1 aliphatic carbocycles. The zero-order valence-corrected chi connectivity index (χ0v) is 24.4. The summed E-state index contributed by atoms with van der Waals surface area (Å²) in [5.74, 6) is 0. The standard InChI is InChI=1S/C42H32N2/c1-3-15-31(16-4-1)35-19-7-10-23-39(35)42(30-14-13-22-38(42)32-17-5-2-6-18-32)43-33-26-28-34(29-27-33)44-40-24-11-8-20-36(40)37-21-9-12-25-41(37)44/h1-29,43H,30H2. The summed E-state index contributed by atoms with van der Waals surface area (Å²) < 4.78 is 2.37. The molecule has 0 spiro atoms. The first-order valence-electron chi connectivity index (χ1n) is 15.3. The molecular formula is C42H32N2. The van der Waals surface area contributed by atoms with Crippen molar-refractivity contribution in [3.63, 3.8) is 0 Å². The molecule has 6 aromatic carbocycles. The normalized spacial score (nSPS) is 16.2. The van der Waals surface area contributed by atoms with Crippen molar-refractivity contribution in [3.8, 4) is 16.8 Å². The Labute approximate surface area is 258 Å². The summed E-state index contributed by atoms with van der Waals surface area (Å²) in [4.78, 5) is 0. The van der Waals surface area contributed by atoms with Crippen LogP contribution in [0.2, 0.25) is 0 Å². The van der Waals surface area contributed by atoms with Crippen molar-refractivity contribution >= 4 is 33.1 Å². The lowest BCUT2D eigenvalue weighted by atomic mass is 9.72. The minimum Gasteiger partial charge on any atom is -0.371 e. The number of rotatable bonds is 6. The Morgan fingerprint density at radius 3 is 1.77 bits per heavy atom. The highest BCUT2D eigenvalue weighted by Gasteiger charge is 2.39. The maximum Gasteiger partial charge on any atom is 0.0926 e. The number of nitrogens with zero attached hydrogens (tertiary/aromatic N) is 1. The molecule has 1 aliphatic rings. The van der Waals surface area contributed by atoms with Gasteiger partial charge in [-0.15, -0.1) is 0 Å². The fourth-order valence-corrected chi connectivity index (χ4v) is 6.93. The number of fused-ring (bicyclic) bond motifs is 3. The van der Waals surface area contributed by atoms with Crippen molar-refractivity contribution in [1.29, 1.82) is 0 Å². The summed E-state index contributed by atoms with van der Waals surface area (Å²) in [5, 5.41) is 6.63. The van der Waals surface area contributed by atoms with E-state index in [-0.39, 0.29) is 0 Å². The average Bonchev–Trinajstić information content (AvgIpc) is 3.44. The Morgan fingerprint density at radius 1 is 0.523 bits per heavy atom. The molecule has 44 heavy (non-hydrogen) atoms. The van der Waals surface area contributed by atoms with Gasteiger partial charge in [-0.2, -0.15) is 0 Å². The minimum atomic E-state index is -0.475. The van der Waals surface area contributed by atoms with Gasteiger partial charge in [0.15, 0.2) is 0 Å². The van der Waals surface area contributed by atoms with E-state index in [1.807, 2.05) is 0 Å². The zero-order chi connectivity index (χ0) is 29.3. The van der Waals surface area contributed by atoms with Gasteiger partial charge in [-0.3, -0.25) is 0 Å². The van der Waals surface area contributed by atoms with Crippen molar-refractivity contribution in [1.82, 2.24) is 4.57 Å². The lowest BCUT2D eigenvalue weighted by molar-refractivity contribution is 0.640. The minimum absolute atomic E-state index is 0.475. The van der Waals surface area contributed by atoms with Crippen LogP contribution in [0.15, 0.2) is 176 Å². The monoisotopic (exact) mass is 564 g/mol. The van der Waals surface area contributed by atoms with Crippen LogP contribution in [0.5, 0.6) is 0 Å². The maximum absolute atomic E-state index is 4.09. The first kappa shape index (κ1) is 26.1. The van der Waals surface area contributed by atoms with Gasteiger partial charge in [-0.1, -0.05) is 140 Å². The molecule has 0 saturated heterocycles. The highest BCUT2D eigenvalue weighted by atomic mass is 15.0. The van der Waals surface area contributed by atoms with Gasteiger partial charge < -0.3 is 9.88 Å². The molecule has 2 heteroatoms. The van der Waals surface area contributed by atoms with E-state index < -0.39 is 5.54 Å². The molecule has 1 unspecified atom stereocenters. The predicted octanol–water partition coefficient (Wildman–Crippen LogP) is 10.8. The van der Waals surface area contributed by atoms with Gasteiger partial charge in [-0.05, 0) is 70.6 Å². The molecule has 1 N–H and O–H groups in total. The fourth-order valence-electron chi connectivity index (χ4n) is 6.93. The van der Waals surface area contributed by atoms with E-state index in [2.05, 4.69) is 186 Å². The second kappa shape index (κ2) is 10.9. The molecule has 1 atom stereocenters. The molecule has 1 heterocycles. The summed E-state index contributed by atoms with van der Waals surface area (Å²) >= 11 is 0. The van der Waals surface area contributed by atoms with Crippen molar-refractivity contribution < 1.29 is 0 Å². The van der Waals surface area contributed by atoms with Crippen molar-refractivity contribution in [2.45, 2.75) is 12.0 Å². The van der Waals surface area contributed by atoms with Crippen molar-refractivity contribution in [3.05, 3.63) is 187 Å². The molecule has 0 fully saturated rings. The SMILES string of the molecule is C1=CCC(Nc2ccc(-n3c4ccccc4c4ccccc43)cc2)(c2ccccc2-c2ccccc2)C(c2ccccc2)=C1. The van der Waals surface area contributed by atoms with Crippen LogP contribution < -0.4 is 5.32 Å². The molecule has 1 aromatic heterocycles. The van der Waals surface area contributed by atoms with E-state index in [1.54, 1.807) is 0 Å². The van der Waals surface area contributed by atoms with Gasteiger partial charge in [0, 0.05) is 22.1 Å². The van der Waals surface area contributed by atoms with E-state index in [1.165, 1.54) is 49.6 Å². The van der Waals surface area contributed by atoms with Crippen LogP contribution in [0, 0.1) is 0 Å². The topological polar surface area (TPSA) is 17.0 Å². The largest absolute Gasteiger partial charge is 0.371 e. The van der Waals surface area contributed by atoms with Crippen LogP contribution in [-0.4, -0.2) is 4.57 Å². The summed E-state index contributed by atoms with van der Waals surface area (Å²) in [6.45, 7) is 0. The zero-order valence-electron chi connectivity index (χ0n) is 24.4. The molecule has 7 aromatic rings. The van der Waals surface area contributed by atoms with Gasteiger partial charge in [0.1, 0.15) is 0 Å². The first-order valence-corrected chi connectivity index (χ1v) is 15.3. The second-order valence-electron chi connectivity index (χ2n) is 11.4. The molecule has 0 amide bonds. The Kier molecular flexibility index (Phi) is 6.46. The maximum atomic E-state index is 4.09. The Hall–Kier alpha value is -5.60. The Morgan fingerprint density at radius 2 is 1.09 bits per heavy atom. The van der Waals surface area contributed by atoms with Gasteiger partial charge >= 0.3 is 0 Å². The van der Waals surface area contributed by atoms with Gasteiger partial charge in [0.05, 0.1) is 16.6 Å². The summed E-state index contributed by atoms with van der Waals surface area (Å²) in [6.07, 6.45) is 7.58. The van der Waals surface area contributed by atoms with Gasteiger partial charge in [0.25, 0.3) is 0 Å². The third-order valence-corrected chi connectivity index (χ3v) is 8.90. The van der Waals surface area contributed by atoms with Crippen LogP contribution in [-0.2, 0) is 5.54 Å². The van der Waals surface area contributed by atoms with Crippen LogP contribution in [0.25, 0.3) is 44.2 Å². The van der Waals surface area contributed by atoms with E-state index in [4.69, 9.17) is 0 Å². The fraction of sp³-hybridized carbons (Fsp3) is 0.0476. The van der Waals surface area contributed by atoms with Gasteiger partial charge in [0.2, 0.25) is 0 Å². The lowest BCUT2D eigenvalue weighted by Crippen LogP contribution is -2.38. The highest BCUT2D eigenvalue weighted by molar-refractivity contribution is 6.09. The average molecular weight is 565 g/mol. The Balaban J connectivity index is 1.27. The molecule has 0 radical (unpaired) electrons. The smallest absolute Gasteiger partial charge is 0.0926 e. The van der Waals surface area contributed by atoms with Crippen molar-refractivity contribution in [2.24, 2.45) is 0 Å². The number of hydrogen-bond donors (Lipinski definition) is 1. The van der Waals surface area contributed by atoms with Crippen LogP contribution in [0.4, 0.5) is 5.69 Å². The highest BCUT2D eigenvalue weighted by Crippen LogP contribution is 2.47. The number of para-hydroxylation sites is 2. The second-order valence-corrected chi connectivity index (χ2v) is 11.4. The third-order valence-electron chi connectivity index (χ3n) is 8.90. The molecule has 8 rings (SSSR count). The summed E-state index contributed by atoms with van der Waals surface area (Å²) in [5.41, 5.74) is 10.4. The number of benzene rings is 6.